The minimum Gasteiger partial charge on any atom is -0.481 e. The molecule has 0 aliphatic heterocycles. The first-order valence-electron chi connectivity index (χ1n) is 6.68. The normalized spacial score (nSPS) is 10.9. The Bertz CT molecular complexity index is 822. The van der Waals surface area contributed by atoms with Crippen LogP contribution in [0, 0.1) is 13.8 Å². The summed E-state index contributed by atoms with van der Waals surface area (Å²) in [5.74, 6) is -0.669. The third kappa shape index (κ3) is 2.74. The number of amides is 1. The second kappa shape index (κ2) is 5.88. The van der Waals surface area contributed by atoms with Crippen molar-refractivity contribution in [3.63, 3.8) is 0 Å². The molecule has 0 saturated heterocycles. The molecule has 2 rings (SSSR count). The van der Waals surface area contributed by atoms with Gasteiger partial charge in [0.25, 0.3) is 11.5 Å². The van der Waals surface area contributed by atoms with Gasteiger partial charge in [-0.05, 0) is 19.4 Å². The molecule has 0 atom stereocenters. The number of nitrogens with zero attached hydrogens (tertiary/aromatic N) is 3. The first-order chi connectivity index (χ1) is 10.2. The molecule has 0 spiro atoms. The Kier molecular flexibility index (Phi) is 4.32. The largest absolute Gasteiger partial charge is 0.481 e. The molecule has 8 heteroatoms. The van der Waals surface area contributed by atoms with E-state index in [4.69, 9.17) is 5.11 Å². The Hall–Kier alpha value is -2.22. The van der Waals surface area contributed by atoms with E-state index in [2.05, 4.69) is 4.98 Å². The Balaban J connectivity index is 2.47. The second-order valence-electron chi connectivity index (χ2n) is 5.13. The molecule has 22 heavy (non-hydrogen) atoms. The average Bonchev–Trinajstić information content (AvgIpc) is 2.78. The van der Waals surface area contributed by atoms with Crippen LogP contribution in [-0.2, 0) is 11.8 Å². The second-order valence-corrected chi connectivity index (χ2v) is 6.13. The molecule has 2 aromatic heterocycles. The molecule has 0 fully saturated rings. The van der Waals surface area contributed by atoms with Crippen molar-refractivity contribution in [2.75, 3.05) is 13.6 Å². The van der Waals surface area contributed by atoms with Gasteiger partial charge in [0, 0.05) is 20.6 Å². The van der Waals surface area contributed by atoms with E-state index in [1.54, 1.807) is 27.9 Å². The summed E-state index contributed by atoms with van der Waals surface area (Å²) in [5, 5.41) is 9.14. The van der Waals surface area contributed by atoms with Gasteiger partial charge in [-0.1, -0.05) is 0 Å². The molecule has 0 radical (unpaired) electrons. The molecule has 0 aliphatic rings. The van der Waals surface area contributed by atoms with Crippen molar-refractivity contribution in [2.24, 2.45) is 7.05 Å². The molecule has 0 aliphatic carbocycles. The summed E-state index contributed by atoms with van der Waals surface area (Å²) in [5.41, 5.74) is 0.420. The van der Waals surface area contributed by atoms with Gasteiger partial charge in [-0.15, -0.1) is 11.3 Å². The number of carbonyl (C=O) groups is 2. The van der Waals surface area contributed by atoms with E-state index >= 15 is 0 Å². The summed E-state index contributed by atoms with van der Waals surface area (Å²) in [6.07, 6.45) is -0.120. The van der Waals surface area contributed by atoms with Gasteiger partial charge in [-0.3, -0.25) is 19.0 Å². The van der Waals surface area contributed by atoms with Crippen molar-refractivity contribution in [3.05, 3.63) is 26.6 Å². The number of rotatable bonds is 4. The lowest BCUT2D eigenvalue weighted by Crippen LogP contribution is -2.29. The maximum Gasteiger partial charge on any atom is 0.305 e. The predicted octanol–water partition coefficient (Wildman–Crippen LogP) is 1.16. The fraction of sp³-hybridized carbons (Fsp3) is 0.429. The van der Waals surface area contributed by atoms with Crippen molar-refractivity contribution in [2.45, 2.75) is 20.3 Å². The maximum absolute atomic E-state index is 12.4. The summed E-state index contributed by atoms with van der Waals surface area (Å²) in [6.45, 7) is 3.57. The summed E-state index contributed by atoms with van der Waals surface area (Å²) in [6, 6.07) is 0. The van der Waals surface area contributed by atoms with E-state index in [9.17, 15) is 14.4 Å². The van der Waals surface area contributed by atoms with Gasteiger partial charge in [0.15, 0.2) is 0 Å². The van der Waals surface area contributed by atoms with Crippen LogP contribution >= 0.6 is 11.3 Å². The van der Waals surface area contributed by atoms with Gasteiger partial charge >= 0.3 is 5.97 Å². The van der Waals surface area contributed by atoms with E-state index in [1.165, 1.54) is 20.8 Å². The molecule has 2 aromatic rings. The van der Waals surface area contributed by atoms with Crippen LogP contribution in [0.4, 0.5) is 0 Å². The standard InChI is InChI=1S/C14H17N3O4S/c1-7-10-12(15-8(2)17(4)13(10)20)22-11(7)14(21)16(3)6-5-9(18)19/h5-6H2,1-4H3,(H,18,19). The maximum atomic E-state index is 12.4. The van der Waals surface area contributed by atoms with Gasteiger partial charge in [0.1, 0.15) is 10.7 Å². The SMILES string of the molecule is Cc1c(C(=O)N(C)CCC(=O)O)sc2nc(C)n(C)c(=O)c12. The zero-order valence-corrected chi connectivity index (χ0v) is 13.7. The van der Waals surface area contributed by atoms with Crippen LogP contribution < -0.4 is 5.56 Å². The number of hydrogen-bond acceptors (Lipinski definition) is 5. The Labute approximate surface area is 130 Å². The number of carbonyl (C=O) groups excluding carboxylic acids is 1. The van der Waals surface area contributed by atoms with Gasteiger partial charge in [0.2, 0.25) is 0 Å². The number of aromatic nitrogens is 2. The lowest BCUT2D eigenvalue weighted by molar-refractivity contribution is -0.137. The number of aryl methyl sites for hydroxylation is 2. The monoisotopic (exact) mass is 323 g/mol. The molecule has 1 amide bonds. The highest BCUT2D eigenvalue weighted by Crippen LogP contribution is 2.28. The molecule has 1 N–H and O–H groups in total. The zero-order chi connectivity index (χ0) is 16.6. The smallest absolute Gasteiger partial charge is 0.305 e. The van der Waals surface area contributed by atoms with Crippen molar-refractivity contribution in [3.8, 4) is 0 Å². The number of thiophene rings is 1. The lowest BCUT2D eigenvalue weighted by Gasteiger charge is -2.15. The van der Waals surface area contributed by atoms with Crippen LogP contribution in [0.15, 0.2) is 4.79 Å². The highest BCUT2D eigenvalue weighted by atomic mass is 32.1. The van der Waals surface area contributed by atoms with Crippen LogP contribution in [0.3, 0.4) is 0 Å². The van der Waals surface area contributed by atoms with Crippen molar-refractivity contribution >= 4 is 33.4 Å². The number of aliphatic carboxylic acids is 1. The number of fused-ring (bicyclic) bond motifs is 1. The summed E-state index contributed by atoms with van der Waals surface area (Å²) >= 11 is 1.17. The van der Waals surface area contributed by atoms with E-state index in [1.807, 2.05) is 0 Å². The Morgan fingerprint density at radius 3 is 2.59 bits per heavy atom. The van der Waals surface area contributed by atoms with Crippen LogP contribution in [0.5, 0.6) is 0 Å². The van der Waals surface area contributed by atoms with Gasteiger partial charge in [-0.2, -0.15) is 0 Å². The Morgan fingerprint density at radius 2 is 2.00 bits per heavy atom. The number of carboxylic acids is 1. The summed E-state index contributed by atoms with van der Waals surface area (Å²) in [7, 11) is 3.19. The topological polar surface area (TPSA) is 92.5 Å². The van der Waals surface area contributed by atoms with E-state index < -0.39 is 5.97 Å². The van der Waals surface area contributed by atoms with Crippen LogP contribution in [0.25, 0.3) is 10.2 Å². The van der Waals surface area contributed by atoms with Crippen LogP contribution in [0.2, 0.25) is 0 Å². The highest BCUT2D eigenvalue weighted by molar-refractivity contribution is 7.20. The third-order valence-electron chi connectivity index (χ3n) is 3.60. The quantitative estimate of drug-likeness (QED) is 0.911. The van der Waals surface area contributed by atoms with E-state index in [-0.39, 0.29) is 24.4 Å². The molecule has 0 unspecified atom stereocenters. The van der Waals surface area contributed by atoms with Gasteiger partial charge < -0.3 is 10.0 Å². The molecule has 2 heterocycles. The minimum atomic E-state index is -0.959. The fourth-order valence-electron chi connectivity index (χ4n) is 2.11. The molecule has 7 nitrogen and oxygen atoms in total. The van der Waals surface area contributed by atoms with Gasteiger partial charge in [0.05, 0.1) is 16.7 Å². The molecule has 0 saturated carbocycles. The fourth-order valence-corrected chi connectivity index (χ4v) is 3.32. The summed E-state index contributed by atoms with van der Waals surface area (Å²) in [4.78, 5) is 42.0. The minimum absolute atomic E-state index is 0.117. The molecular formula is C14H17N3O4S. The molecule has 0 aromatic carbocycles. The first kappa shape index (κ1) is 16.2. The van der Waals surface area contributed by atoms with Crippen LogP contribution in [-0.4, -0.2) is 45.0 Å². The van der Waals surface area contributed by atoms with E-state index in [0.29, 0.717) is 26.5 Å². The first-order valence-corrected chi connectivity index (χ1v) is 7.49. The molecule has 0 bridgehead atoms. The van der Waals surface area contributed by atoms with Crippen molar-refractivity contribution in [1.82, 2.24) is 14.5 Å². The molecular weight excluding hydrogens is 306 g/mol. The lowest BCUT2D eigenvalue weighted by atomic mass is 10.2. The number of carboxylic acid groups (broad SMARTS) is 1. The summed E-state index contributed by atoms with van der Waals surface area (Å²) < 4.78 is 1.45. The van der Waals surface area contributed by atoms with Crippen LogP contribution in [0.1, 0.15) is 27.5 Å². The van der Waals surface area contributed by atoms with Gasteiger partial charge in [-0.25, -0.2) is 4.98 Å². The molecule has 118 valence electrons. The van der Waals surface area contributed by atoms with Crippen molar-refractivity contribution in [1.29, 1.82) is 0 Å². The Morgan fingerprint density at radius 1 is 1.36 bits per heavy atom. The average molecular weight is 323 g/mol. The number of hydrogen-bond donors (Lipinski definition) is 1. The third-order valence-corrected chi connectivity index (χ3v) is 4.77. The highest BCUT2D eigenvalue weighted by Gasteiger charge is 2.22. The zero-order valence-electron chi connectivity index (χ0n) is 12.8. The van der Waals surface area contributed by atoms with E-state index in [0.717, 1.165) is 0 Å². The van der Waals surface area contributed by atoms with Crippen molar-refractivity contribution < 1.29 is 14.7 Å². The predicted molar refractivity (Wildman–Crippen MR) is 83.5 cm³/mol.